The van der Waals surface area contributed by atoms with Gasteiger partial charge in [0.1, 0.15) is 0 Å². The molecule has 110 valence electrons. The topological polar surface area (TPSA) is 64.9 Å². The fourth-order valence-electron chi connectivity index (χ4n) is 3.60. The highest BCUT2D eigenvalue weighted by Crippen LogP contribution is 2.46. The highest BCUT2D eigenvalue weighted by Gasteiger charge is 2.42. The average molecular weight is 283 g/mol. The van der Waals surface area contributed by atoms with Crippen molar-refractivity contribution in [1.29, 1.82) is 0 Å². The summed E-state index contributed by atoms with van der Waals surface area (Å²) in [6.45, 7) is 0. The van der Waals surface area contributed by atoms with E-state index in [1.165, 1.54) is 31.2 Å². The van der Waals surface area contributed by atoms with Crippen LogP contribution in [0.5, 0.6) is 0 Å². The van der Waals surface area contributed by atoms with Crippen LogP contribution in [-0.4, -0.2) is 10.1 Å². The quantitative estimate of drug-likeness (QED) is 0.934. The summed E-state index contributed by atoms with van der Waals surface area (Å²) >= 11 is 0. The van der Waals surface area contributed by atoms with Crippen molar-refractivity contribution in [3.05, 3.63) is 47.6 Å². The second-order valence-electron chi connectivity index (χ2n) is 6.47. The van der Waals surface area contributed by atoms with Gasteiger partial charge in [-0.25, -0.2) is 0 Å². The van der Waals surface area contributed by atoms with Crippen molar-refractivity contribution in [2.75, 3.05) is 0 Å². The molecule has 0 saturated heterocycles. The highest BCUT2D eigenvalue weighted by molar-refractivity contribution is 5.34. The Balaban J connectivity index is 1.71. The van der Waals surface area contributed by atoms with Crippen molar-refractivity contribution in [2.45, 2.75) is 50.0 Å². The second kappa shape index (κ2) is 4.95. The third-order valence-electron chi connectivity index (χ3n) is 5.07. The molecule has 0 aliphatic heterocycles. The number of nitrogens with two attached hydrogens (primary N) is 1. The van der Waals surface area contributed by atoms with Crippen LogP contribution < -0.4 is 5.73 Å². The lowest BCUT2D eigenvalue weighted by atomic mass is 9.78. The minimum atomic E-state index is -0.0829. The first-order valence-electron chi connectivity index (χ1n) is 7.95. The molecular weight excluding hydrogens is 262 g/mol. The molecule has 0 radical (unpaired) electrons. The first-order valence-corrected chi connectivity index (χ1v) is 7.95. The SMILES string of the molecule is NC(c1nc(C2(c3ccccc3)CCCC2)no1)C1CC1. The first-order chi connectivity index (χ1) is 10.3. The minimum Gasteiger partial charge on any atom is -0.338 e. The third-order valence-corrected chi connectivity index (χ3v) is 5.07. The van der Waals surface area contributed by atoms with Gasteiger partial charge in [-0.1, -0.05) is 48.3 Å². The molecule has 0 amide bonds. The normalized spacial score (nSPS) is 22.3. The number of hydrogen-bond donors (Lipinski definition) is 1. The number of rotatable bonds is 4. The molecule has 2 N–H and O–H groups in total. The number of aromatic nitrogens is 2. The Morgan fingerprint density at radius 3 is 2.52 bits per heavy atom. The van der Waals surface area contributed by atoms with Gasteiger partial charge in [-0.3, -0.25) is 0 Å². The summed E-state index contributed by atoms with van der Waals surface area (Å²) in [5, 5.41) is 4.31. The summed E-state index contributed by atoms with van der Waals surface area (Å²) in [6.07, 6.45) is 6.98. The van der Waals surface area contributed by atoms with Gasteiger partial charge >= 0.3 is 0 Å². The molecular formula is C17H21N3O. The lowest BCUT2D eigenvalue weighted by Gasteiger charge is -2.25. The Kier molecular flexibility index (Phi) is 3.07. The van der Waals surface area contributed by atoms with Gasteiger partial charge in [0, 0.05) is 0 Å². The lowest BCUT2D eigenvalue weighted by molar-refractivity contribution is 0.332. The van der Waals surface area contributed by atoms with Gasteiger partial charge in [-0.05, 0) is 37.2 Å². The molecule has 2 aromatic rings. The number of hydrogen-bond acceptors (Lipinski definition) is 4. The monoisotopic (exact) mass is 283 g/mol. The fraction of sp³-hybridized carbons (Fsp3) is 0.529. The van der Waals surface area contributed by atoms with Crippen LogP contribution in [0.25, 0.3) is 0 Å². The summed E-state index contributed by atoms with van der Waals surface area (Å²) < 4.78 is 5.50. The second-order valence-corrected chi connectivity index (χ2v) is 6.47. The fourth-order valence-corrected chi connectivity index (χ4v) is 3.60. The van der Waals surface area contributed by atoms with E-state index < -0.39 is 0 Å². The van der Waals surface area contributed by atoms with E-state index in [4.69, 9.17) is 15.2 Å². The van der Waals surface area contributed by atoms with Gasteiger partial charge in [-0.15, -0.1) is 0 Å². The molecule has 4 heteroatoms. The maximum absolute atomic E-state index is 6.20. The van der Waals surface area contributed by atoms with Gasteiger partial charge < -0.3 is 10.3 Å². The van der Waals surface area contributed by atoms with Crippen LogP contribution in [0.4, 0.5) is 0 Å². The van der Waals surface area contributed by atoms with Crippen molar-refractivity contribution < 1.29 is 4.52 Å². The molecule has 1 unspecified atom stereocenters. The largest absolute Gasteiger partial charge is 0.338 e. The van der Waals surface area contributed by atoms with Crippen molar-refractivity contribution in [2.24, 2.45) is 11.7 Å². The van der Waals surface area contributed by atoms with E-state index in [0.29, 0.717) is 11.8 Å². The van der Waals surface area contributed by atoms with Gasteiger partial charge in [0.25, 0.3) is 0 Å². The Hall–Kier alpha value is -1.68. The van der Waals surface area contributed by atoms with Crippen LogP contribution in [0.1, 0.15) is 61.8 Å². The number of nitrogens with zero attached hydrogens (tertiary/aromatic N) is 2. The highest BCUT2D eigenvalue weighted by atomic mass is 16.5. The molecule has 1 aromatic carbocycles. The van der Waals surface area contributed by atoms with Gasteiger partial charge in [-0.2, -0.15) is 4.98 Å². The molecule has 21 heavy (non-hydrogen) atoms. The molecule has 1 heterocycles. The molecule has 2 saturated carbocycles. The van der Waals surface area contributed by atoms with Crippen LogP contribution in [0.3, 0.4) is 0 Å². The van der Waals surface area contributed by atoms with Crippen molar-refractivity contribution in [3.63, 3.8) is 0 Å². The van der Waals surface area contributed by atoms with E-state index in [-0.39, 0.29) is 11.5 Å². The van der Waals surface area contributed by atoms with Crippen molar-refractivity contribution in [3.8, 4) is 0 Å². The van der Waals surface area contributed by atoms with E-state index in [9.17, 15) is 0 Å². The predicted molar refractivity (Wildman–Crippen MR) is 79.6 cm³/mol. The Labute approximate surface area is 124 Å². The molecule has 0 bridgehead atoms. The summed E-state index contributed by atoms with van der Waals surface area (Å²) in [4.78, 5) is 4.70. The third kappa shape index (κ3) is 2.18. The zero-order valence-electron chi connectivity index (χ0n) is 12.2. The average Bonchev–Trinajstić information content (AvgIpc) is 3.05. The van der Waals surface area contributed by atoms with Crippen molar-refractivity contribution in [1.82, 2.24) is 10.1 Å². The zero-order chi connectivity index (χ0) is 14.3. The maximum Gasteiger partial charge on any atom is 0.243 e. The Bertz CT molecular complexity index is 612. The first kappa shape index (κ1) is 13.0. The predicted octanol–water partition coefficient (Wildman–Crippen LogP) is 3.34. The van der Waals surface area contributed by atoms with Gasteiger partial charge in [0.05, 0.1) is 11.5 Å². The van der Waals surface area contributed by atoms with E-state index in [1.54, 1.807) is 0 Å². The molecule has 1 aromatic heterocycles. The van der Waals surface area contributed by atoms with Gasteiger partial charge in [0.2, 0.25) is 5.89 Å². The standard InChI is InChI=1S/C17H21N3O/c18-14(12-8-9-12)15-19-16(20-21-15)17(10-4-5-11-17)13-6-2-1-3-7-13/h1-3,6-7,12,14H,4-5,8-11,18H2. The number of benzene rings is 1. The molecule has 2 aliphatic carbocycles. The zero-order valence-corrected chi connectivity index (χ0v) is 12.2. The van der Waals surface area contributed by atoms with Crippen LogP contribution in [0, 0.1) is 5.92 Å². The van der Waals surface area contributed by atoms with E-state index in [1.807, 2.05) is 0 Å². The van der Waals surface area contributed by atoms with Crippen LogP contribution >= 0.6 is 0 Å². The minimum absolute atomic E-state index is 0.0771. The Morgan fingerprint density at radius 2 is 1.86 bits per heavy atom. The van der Waals surface area contributed by atoms with Gasteiger partial charge in [0.15, 0.2) is 5.82 Å². The maximum atomic E-state index is 6.20. The van der Waals surface area contributed by atoms with Crippen molar-refractivity contribution >= 4 is 0 Å². The molecule has 4 rings (SSSR count). The lowest BCUT2D eigenvalue weighted by Crippen LogP contribution is -2.25. The molecule has 0 spiro atoms. The van der Waals surface area contributed by atoms with E-state index in [0.717, 1.165) is 18.7 Å². The summed E-state index contributed by atoms with van der Waals surface area (Å²) in [7, 11) is 0. The summed E-state index contributed by atoms with van der Waals surface area (Å²) in [6, 6.07) is 10.5. The molecule has 2 fully saturated rings. The molecule has 1 atom stereocenters. The summed E-state index contributed by atoms with van der Waals surface area (Å²) in [5.41, 5.74) is 7.42. The summed E-state index contributed by atoms with van der Waals surface area (Å²) in [5.74, 6) is 1.99. The molecule has 4 nitrogen and oxygen atoms in total. The van der Waals surface area contributed by atoms with Crippen LogP contribution in [-0.2, 0) is 5.41 Å². The Morgan fingerprint density at radius 1 is 1.14 bits per heavy atom. The van der Waals surface area contributed by atoms with E-state index in [2.05, 4.69) is 35.5 Å². The smallest absolute Gasteiger partial charge is 0.243 e. The molecule has 2 aliphatic rings. The van der Waals surface area contributed by atoms with Crippen LogP contribution in [0.15, 0.2) is 34.9 Å². The van der Waals surface area contributed by atoms with E-state index >= 15 is 0 Å². The van der Waals surface area contributed by atoms with Crippen LogP contribution in [0.2, 0.25) is 0 Å².